The first-order valence-electron chi connectivity index (χ1n) is 10.6. The van der Waals surface area contributed by atoms with Crippen LogP contribution in [0.1, 0.15) is 62.0 Å². The van der Waals surface area contributed by atoms with Crippen molar-refractivity contribution in [1.82, 2.24) is 25.5 Å². The molecule has 2 aliphatic carbocycles. The number of anilines is 1. The summed E-state index contributed by atoms with van der Waals surface area (Å²) in [6.07, 6.45) is 7.82. The summed E-state index contributed by atoms with van der Waals surface area (Å²) in [7, 11) is 0. The number of H-pyrrole nitrogens is 1. The van der Waals surface area contributed by atoms with Crippen LogP contribution in [0, 0.1) is 12.8 Å². The zero-order valence-corrected chi connectivity index (χ0v) is 17.4. The number of aryl methyl sites for hydroxylation is 1. The van der Waals surface area contributed by atoms with Gasteiger partial charge in [-0.15, -0.1) is 0 Å². The third-order valence-electron chi connectivity index (χ3n) is 5.81. The normalized spacial score (nSPS) is 21.8. The second-order valence-electron chi connectivity index (χ2n) is 8.39. The molecule has 2 aromatic rings. The Labute approximate surface area is 175 Å². The van der Waals surface area contributed by atoms with E-state index in [0.29, 0.717) is 17.4 Å². The lowest BCUT2D eigenvalue weighted by Crippen LogP contribution is -2.36. The fourth-order valence-electron chi connectivity index (χ4n) is 3.89. The average Bonchev–Trinajstić information content (AvgIpc) is 3.30. The number of amides is 2. The van der Waals surface area contributed by atoms with E-state index in [1.807, 2.05) is 19.9 Å². The summed E-state index contributed by atoms with van der Waals surface area (Å²) in [5, 5.41) is 12.9. The lowest BCUT2D eigenvalue weighted by atomic mass is 10.0. The van der Waals surface area contributed by atoms with Gasteiger partial charge in [0, 0.05) is 36.1 Å². The number of hydrogen-bond donors (Lipinski definition) is 3. The summed E-state index contributed by atoms with van der Waals surface area (Å²) in [6, 6.07) is 2.03. The highest BCUT2D eigenvalue weighted by Gasteiger charge is 2.32. The summed E-state index contributed by atoms with van der Waals surface area (Å²) >= 11 is 0. The molecule has 2 fully saturated rings. The monoisotopic (exact) mass is 412 g/mol. The molecular formula is C21H28N6O3. The number of carbonyl (C=O) groups excluding carboxylic acids is 2. The molecule has 0 radical (unpaired) electrons. The minimum Gasteiger partial charge on any atom is -0.446 e. The Bertz CT molecular complexity index is 892. The predicted octanol–water partition coefficient (Wildman–Crippen LogP) is 2.85. The smallest absolute Gasteiger partial charge is 0.407 e. The van der Waals surface area contributed by atoms with Gasteiger partial charge in [-0.05, 0) is 51.9 Å². The van der Waals surface area contributed by atoms with Crippen molar-refractivity contribution in [2.45, 2.75) is 70.4 Å². The van der Waals surface area contributed by atoms with Crippen molar-refractivity contribution < 1.29 is 14.3 Å². The van der Waals surface area contributed by atoms with Crippen LogP contribution in [0.2, 0.25) is 0 Å². The van der Waals surface area contributed by atoms with Crippen molar-refractivity contribution in [1.29, 1.82) is 0 Å². The second-order valence-corrected chi connectivity index (χ2v) is 8.39. The van der Waals surface area contributed by atoms with Gasteiger partial charge in [-0.2, -0.15) is 5.10 Å². The third-order valence-corrected chi connectivity index (χ3v) is 5.81. The number of hydrogen-bond acceptors (Lipinski definition) is 6. The number of aromatic nitrogens is 4. The number of nitrogens with one attached hydrogen (secondary N) is 3. The Morgan fingerprint density at radius 1 is 1.23 bits per heavy atom. The summed E-state index contributed by atoms with van der Waals surface area (Å²) in [4.78, 5) is 32.6. The van der Waals surface area contributed by atoms with E-state index in [2.05, 4.69) is 30.8 Å². The lowest BCUT2D eigenvalue weighted by molar-refractivity contribution is -0.115. The largest absolute Gasteiger partial charge is 0.446 e. The first kappa shape index (κ1) is 20.3. The van der Waals surface area contributed by atoms with Crippen molar-refractivity contribution in [2.24, 2.45) is 5.92 Å². The molecular weight excluding hydrogens is 384 g/mol. The van der Waals surface area contributed by atoms with Gasteiger partial charge in [0.15, 0.2) is 5.82 Å². The number of aromatic amines is 1. The Balaban J connectivity index is 1.24. The number of carbonyl (C=O) groups is 2. The molecule has 3 N–H and O–H groups in total. The van der Waals surface area contributed by atoms with Gasteiger partial charge in [0.1, 0.15) is 6.10 Å². The van der Waals surface area contributed by atoms with Gasteiger partial charge >= 0.3 is 6.09 Å². The van der Waals surface area contributed by atoms with E-state index in [9.17, 15) is 9.59 Å². The molecule has 3 atom stereocenters. The fourth-order valence-corrected chi connectivity index (χ4v) is 3.89. The van der Waals surface area contributed by atoms with Gasteiger partial charge in [0.05, 0.1) is 17.8 Å². The van der Waals surface area contributed by atoms with E-state index < -0.39 is 0 Å². The highest BCUT2D eigenvalue weighted by Crippen LogP contribution is 2.36. The maximum atomic E-state index is 12.2. The van der Waals surface area contributed by atoms with Crippen molar-refractivity contribution in [3.8, 4) is 0 Å². The van der Waals surface area contributed by atoms with Crippen LogP contribution in [0.15, 0.2) is 18.5 Å². The molecule has 4 rings (SSSR count). The van der Waals surface area contributed by atoms with Gasteiger partial charge in [-0.1, -0.05) is 0 Å². The minimum absolute atomic E-state index is 0.0946. The Kier molecular flexibility index (Phi) is 5.96. The molecule has 0 saturated heterocycles. The zero-order chi connectivity index (χ0) is 21.1. The average molecular weight is 412 g/mol. The first-order valence-corrected chi connectivity index (χ1v) is 10.6. The minimum atomic E-state index is -0.322. The van der Waals surface area contributed by atoms with E-state index in [1.165, 1.54) is 12.8 Å². The number of rotatable bonds is 7. The van der Waals surface area contributed by atoms with Gasteiger partial charge in [-0.3, -0.25) is 19.9 Å². The van der Waals surface area contributed by atoms with E-state index in [-0.39, 0.29) is 36.5 Å². The highest BCUT2D eigenvalue weighted by atomic mass is 16.6. The molecule has 0 unspecified atom stereocenters. The van der Waals surface area contributed by atoms with Crippen LogP contribution in [0.25, 0.3) is 0 Å². The molecule has 0 aromatic carbocycles. The predicted molar refractivity (Wildman–Crippen MR) is 110 cm³/mol. The molecule has 9 heteroatoms. The van der Waals surface area contributed by atoms with Crippen LogP contribution in [0.3, 0.4) is 0 Å². The summed E-state index contributed by atoms with van der Waals surface area (Å²) in [5.41, 5.74) is 2.36. The van der Waals surface area contributed by atoms with E-state index in [0.717, 1.165) is 30.7 Å². The first-order chi connectivity index (χ1) is 14.5. The van der Waals surface area contributed by atoms with Crippen molar-refractivity contribution in [3.05, 3.63) is 35.5 Å². The number of nitrogens with zero attached hydrogens (tertiary/aromatic N) is 3. The standard InChI is InChI=1S/C21H28N6O3/c1-12-10-23-16(11-22-12)8-20(28)25-19-9-18(26-27-19)15-5-6-17(7-15)30-21(29)24-13(2)14-3-4-14/h9-11,13-15,17H,3-8H2,1-2H3,(H,24,29)(H2,25,26,27,28)/t13-,15+,17-/m1/s1. The highest BCUT2D eigenvalue weighted by molar-refractivity contribution is 5.91. The maximum absolute atomic E-state index is 12.2. The van der Waals surface area contributed by atoms with Gasteiger partial charge < -0.3 is 15.4 Å². The number of alkyl carbamates (subject to hydrolysis) is 1. The summed E-state index contributed by atoms with van der Waals surface area (Å²) < 4.78 is 5.59. The van der Waals surface area contributed by atoms with Crippen LogP contribution in [0.5, 0.6) is 0 Å². The summed E-state index contributed by atoms with van der Waals surface area (Å²) in [6.45, 7) is 3.88. The van der Waals surface area contributed by atoms with Crippen molar-refractivity contribution >= 4 is 17.8 Å². The van der Waals surface area contributed by atoms with E-state index >= 15 is 0 Å². The van der Waals surface area contributed by atoms with Gasteiger partial charge in [-0.25, -0.2) is 4.79 Å². The fraction of sp³-hybridized carbons (Fsp3) is 0.571. The van der Waals surface area contributed by atoms with Crippen LogP contribution >= 0.6 is 0 Å². The van der Waals surface area contributed by atoms with Crippen LogP contribution in [0.4, 0.5) is 10.6 Å². The second kappa shape index (κ2) is 8.81. The molecule has 2 amide bonds. The Morgan fingerprint density at radius 2 is 2.07 bits per heavy atom. The maximum Gasteiger partial charge on any atom is 0.407 e. The molecule has 2 saturated carbocycles. The van der Waals surface area contributed by atoms with Crippen LogP contribution < -0.4 is 10.6 Å². The van der Waals surface area contributed by atoms with Crippen molar-refractivity contribution in [2.75, 3.05) is 5.32 Å². The van der Waals surface area contributed by atoms with Gasteiger partial charge in [0.2, 0.25) is 5.91 Å². The Morgan fingerprint density at radius 3 is 2.80 bits per heavy atom. The van der Waals surface area contributed by atoms with Gasteiger partial charge in [0.25, 0.3) is 0 Å². The van der Waals surface area contributed by atoms with Crippen LogP contribution in [-0.4, -0.2) is 44.3 Å². The molecule has 9 nitrogen and oxygen atoms in total. The van der Waals surface area contributed by atoms with Crippen molar-refractivity contribution in [3.63, 3.8) is 0 Å². The SMILES string of the molecule is Cc1cnc(CC(=O)Nc2cc([C@H]3CC[C@@H](OC(=O)N[C@H](C)C4CC4)C3)[nH]n2)cn1. The molecule has 0 aliphatic heterocycles. The quantitative estimate of drug-likeness (QED) is 0.643. The molecule has 2 aromatic heterocycles. The van der Waals surface area contributed by atoms with E-state index in [4.69, 9.17) is 4.74 Å². The summed E-state index contributed by atoms with van der Waals surface area (Å²) in [5.74, 6) is 1.12. The molecule has 0 spiro atoms. The molecule has 2 heterocycles. The molecule has 30 heavy (non-hydrogen) atoms. The molecule has 2 aliphatic rings. The lowest BCUT2D eigenvalue weighted by Gasteiger charge is -2.16. The van der Waals surface area contributed by atoms with Crippen LogP contribution in [-0.2, 0) is 16.0 Å². The third kappa shape index (κ3) is 5.34. The molecule has 0 bridgehead atoms. The zero-order valence-electron chi connectivity index (χ0n) is 17.4. The molecule has 160 valence electrons. The van der Waals surface area contributed by atoms with E-state index in [1.54, 1.807) is 12.4 Å². The number of ether oxygens (including phenoxy) is 1. The topological polar surface area (TPSA) is 122 Å². The Hall–Kier alpha value is -2.97.